The zero-order valence-corrected chi connectivity index (χ0v) is 8.47. The minimum Gasteiger partial charge on any atom is -0.494 e. The number of methoxy groups -OCH3 is 1. The van der Waals surface area contributed by atoms with E-state index in [0.717, 1.165) is 0 Å². The van der Waals surface area contributed by atoms with E-state index < -0.39 is 5.09 Å². The molecular formula is C7H8ClN3O4. The van der Waals surface area contributed by atoms with Crippen molar-refractivity contribution in [1.29, 1.82) is 0 Å². The maximum Gasteiger partial charge on any atom is 0.318 e. The van der Waals surface area contributed by atoms with E-state index in [-0.39, 0.29) is 5.69 Å². The van der Waals surface area contributed by atoms with Crippen molar-refractivity contribution in [1.82, 2.24) is 0 Å². The number of anilines is 1. The second-order valence-electron chi connectivity index (χ2n) is 2.45. The highest BCUT2D eigenvalue weighted by molar-refractivity contribution is 6.30. The first-order chi connectivity index (χ1) is 7.04. The first-order valence-corrected chi connectivity index (χ1v) is 4.13. The zero-order valence-electron chi connectivity index (χ0n) is 7.71. The predicted octanol–water partition coefficient (Wildman–Crippen LogP) is 1.15. The Labute approximate surface area is 90.0 Å². The SMILES string of the molecule is COc1ccc(Cl)cc1N(N)O[N+](=O)[O-]. The van der Waals surface area contributed by atoms with E-state index in [1.807, 2.05) is 0 Å². The number of hydrogen-bond acceptors (Lipinski definition) is 6. The lowest BCUT2D eigenvalue weighted by molar-refractivity contribution is -0.762. The topological polar surface area (TPSA) is 90.9 Å². The monoisotopic (exact) mass is 233 g/mol. The Balaban J connectivity index is 2.99. The van der Waals surface area contributed by atoms with Crippen molar-refractivity contribution in [2.45, 2.75) is 0 Å². The highest BCUT2D eigenvalue weighted by atomic mass is 35.5. The summed E-state index contributed by atoms with van der Waals surface area (Å²) in [6.45, 7) is 0. The van der Waals surface area contributed by atoms with Crippen LogP contribution >= 0.6 is 11.6 Å². The highest BCUT2D eigenvalue weighted by Gasteiger charge is 2.12. The third-order valence-electron chi connectivity index (χ3n) is 1.53. The Morgan fingerprint density at radius 1 is 1.60 bits per heavy atom. The fourth-order valence-corrected chi connectivity index (χ4v) is 1.12. The lowest BCUT2D eigenvalue weighted by atomic mass is 10.3. The van der Waals surface area contributed by atoms with E-state index in [4.69, 9.17) is 22.2 Å². The molecule has 0 spiro atoms. The van der Waals surface area contributed by atoms with Crippen LogP contribution in [0.1, 0.15) is 0 Å². The number of halogens is 1. The molecule has 0 atom stereocenters. The van der Waals surface area contributed by atoms with Gasteiger partial charge in [0, 0.05) is 5.02 Å². The molecule has 2 N–H and O–H groups in total. The van der Waals surface area contributed by atoms with E-state index in [1.165, 1.54) is 19.2 Å². The van der Waals surface area contributed by atoms with Crippen LogP contribution in [0.15, 0.2) is 18.2 Å². The number of hydrogen-bond donors (Lipinski definition) is 1. The molecule has 0 bridgehead atoms. The summed E-state index contributed by atoms with van der Waals surface area (Å²) < 4.78 is 4.92. The van der Waals surface area contributed by atoms with Crippen molar-refractivity contribution >= 4 is 17.3 Å². The molecule has 0 heterocycles. The summed E-state index contributed by atoms with van der Waals surface area (Å²) in [4.78, 5) is 14.1. The standard InChI is InChI=1S/C7H8ClN3O4/c1-14-7-3-2-5(8)4-6(7)10(9)15-11(12)13/h2-4H,9H2,1H3. The van der Waals surface area contributed by atoms with Crippen molar-refractivity contribution < 1.29 is 14.8 Å². The second-order valence-corrected chi connectivity index (χ2v) is 2.88. The van der Waals surface area contributed by atoms with Crippen molar-refractivity contribution in [2.75, 3.05) is 12.3 Å². The normalized spacial score (nSPS) is 9.53. The Hall–Kier alpha value is -1.73. The van der Waals surface area contributed by atoms with Gasteiger partial charge < -0.3 is 4.74 Å². The molecule has 0 aliphatic rings. The third kappa shape index (κ3) is 2.86. The summed E-state index contributed by atoms with van der Waals surface area (Å²) in [5.41, 5.74) is 0.154. The Kier molecular flexibility index (Phi) is 3.53. The molecule has 0 unspecified atom stereocenters. The number of ether oxygens (including phenoxy) is 1. The summed E-state index contributed by atoms with van der Waals surface area (Å²) in [5, 5.41) is 9.83. The Morgan fingerprint density at radius 3 is 2.80 bits per heavy atom. The lowest BCUT2D eigenvalue weighted by Crippen LogP contribution is -2.33. The predicted molar refractivity (Wildman–Crippen MR) is 52.7 cm³/mol. The molecule has 0 saturated heterocycles. The first kappa shape index (κ1) is 11.3. The maximum absolute atomic E-state index is 10.1. The number of benzene rings is 1. The van der Waals surface area contributed by atoms with Crippen LogP contribution in [-0.4, -0.2) is 12.2 Å². The quantitative estimate of drug-likeness (QED) is 0.477. The van der Waals surface area contributed by atoms with Crippen molar-refractivity contribution in [3.8, 4) is 5.75 Å². The van der Waals surface area contributed by atoms with Crippen molar-refractivity contribution in [2.24, 2.45) is 5.84 Å². The molecule has 0 amide bonds. The smallest absolute Gasteiger partial charge is 0.318 e. The molecule has 15 heavy (non-hydrogen) atoms. The van der Waals surface area contributed by atoms with Gasteiger partial charge in [-0.25, -0.2) is 5.84 Å². The van der Waals surface area contributed by atoms with Crippen LogP contribution in [0.5, 0.6) is 5.75 Å². The van der Waals surface area contributed by atoms with Gasteiger partial charge in [-0.05, 0) is 18.2 Å². The molecule has 1 aromatic carbocycles. The van der Waals surface area contributed by atoms with Crippen LogP contribution in [0.4, 0.5) is 5.69 Å². The molecule has 8 heteroatoms. The molecule has 0 fully saturated rings. The molecule has 0 saturated carbocycles. The zero-order chi connectivity index (χ0) is 11.4. The number of nitrogens with two attached hydrogens (primary N) is 1. The van der Waals surface area contributed by atoms with Crippen LogP contribution in [0.2, 0.25) is 5.02 Å². The van der Waals surface area contributed by atoms with E-state index in [1.54, 1.807) is 6.07 Å². The number of hydrazine groups is 1. The van der Waals surface area contributed by atoms with Gasteiger partial charge in [-0.2, -0.15) is 4.94 Å². The Bertz CT molecular complexity index is 373. The highest BCUT2D eigenvalue weighted by Crippen LogP contribution is 2.29. The molecule has 1 rings (SSSR count). The minimum absolute atomic E-state index is 0.154. The van der Waals surface area contributed by atoms with Crippen molar-refractivity contribution in [3.63, 3.8) is 0 Å². The van der Waals surface area contributed by atoms with Gasteiger partial charge in [-0.1, -0.05) is 11.6 Å². The van der Waals surface area contributed by atoms with Crippen LogP contribution in [0, 0.1) is 10.1 Å². The largest absolute Gasteiger partial charge is 0.494 e. The molecule has 0 radical (unpaired) electrons. The maximum atomic E-state index is 10.1. The fraction of sp³-hybridized carbons (Fsp3) is 0.143. The van der Waals surface area contributed by atoms with E-state index in [2.05, 4.69) is 4.94 Å². The van der Waals surface area contributed by atoms with Crippen molar-refractivity contribution in [3.05, 3.63) is 33.3 Å². The van der Waals surface area contributed by atoms with Crippen LogP contribution < -0.4 is 15.8 Å². The molecular weight excluding hydrogens is 226 g/mol. The van der Waals surface area contributed by atoms with Gasteiger partial charge in [-0.3, -0.25) is 0 Å². The summed E-state index contributed by atoms with van der Waals surface area (Å²) in [7, 11) is 1.40. The molecule has 0 aliphatic carbocycles. The van der Waals surface area contributed by atoms with E-state index in [0.29, 0.717) is 15.9 Å². The summed E-state index contributed by atoms with van der Waals surface area (Å²) in [5.74, 6) is 5.58. The molecule has 0 aromatic heterocycles. The molecule has 82 valence electrons. The second kappa shape index (κ2) is 4.67. The summed E-state index contributed by atoms with van der Waals surface area (Å²) in [6, 6.07) is 4.45. The fourth-order valence-electron chi connectivity index (χ4n) is 0.951. The van der Waals surface area contributed by atoms with Gasteiger partial charge in [0.2, 0.25) is 0 Å². The van der Waals surface area contributed by atoms with Gasteiger partial charge >= 0.3 is 5.09 Å². The lowest BCUT2D eigenvalue weighted by Gasteiger charge is -2.17. The average molecular weight is 234 g/mol. The third-order valence-corrected chi connectivity index (χ3v) is 1.77. The summed E-state index contributed by atoms with van der Waals surface area (Å²) >= 11 is 5.69. The Morgan fingerprint density at radius 2 is 2.27 bits per heavy atom. The number of rotatable bonds is 4. The van der Waals surface area contributed by atoms with Crippen LogP contribution in [0.25, 0.3) is 0 Å². The number of nitrogens with zero attached hydrogens (tertiary/aromatic N) is 2. The van der Waals surface area contributed by atoms with Gasteiger partial charge in [-0.15, -0.1) is 15.3 Å². The van der Waals surface area contributed by atoms with Crippen LogP contribution in [-0.2, 0) is 4.94 Å². The molecule has 1 aromatic rings. The van der Waals surface area contributed by atoms with E-state index in [9.17, 15) is 10.1 Å². The average Bonchev–Trinajstić information content (AvgIpc) is 2.16. The van der Waals surface area contributed by atoms with Crippen LogP contribution in [0.3, 0.4) is 0 Å². The molecule has 7 nitrogen and oxygen atoms in total. The van der Waals surface area contributed by atoms with Gasteiger partial charge in [0.1, 0.15) is 11.4 Å². The molecule has 0 aliphatic heterocycles. The minimum atomic E-state index is -1.04. The van der Waals surface area contributed by atoms with Gasteiger partial charge in [0.25, 0.3) is 0 Å². The first-order valence-electron chi connectivity index (χ1n) is 3.75. The van der Waals surface area contributed by atoms with Gasteiger partial charge in [0.15, 0.2) is 0 Å². The van der Waals surface area contributed by atoms with Gasteiger partial charge in [0.05, 0.1) is 7.11 Å². The summed E-state index contributed by atoms with van der Waals surface area (Å²) in [6.07, 6.45) is 0. The van der Waals surface area contributed by atoms with E-state index >= 15 is 0 Å².